The van der Waals surface area contributed by atoms with Gasteiger partial charge in [-0.15, -0.1) is 0 Å². The van der Waals surface area contributed by atoms with Crippen molar-refractivity contribution in [1.29, 1.82) is 0 Å². The summed E-state index contributed by atoms with van der Waals surface area (Å²) in [4.78, 5) is 26.8. The van der Waals surface area contributed by atoms with Crippen LogP contribution in [0.25, 0.3) is 0 Å². The van der Waals surface area contributed by atoms with Gasteiger partial charge in [0.2, 0.25) is 0 Å². The number of hydrogen-bond acceptors (Lipinski definition) is 3. The van der Waals surface area contributed by atoms with Gasteiger partial charge >= 0.3 is 12.0 Å². The molecule has 114 valence electrons. The molecule has 0 saturated carbocycles. The summed E-state index contributed by atoms with van der Waals surface area (Å²) in [6.45, 7) is 4.16. The van der Waals surface area contributed by atoms with Crippen LogP contribution >= 0.6 is 0 Å². The number of carbonyl (C=O) groups is 2. The molecule has 2 aliphatic heterocycles. The lowest BCUT2D eigenvalue weighted by Gasteiger charge is -2.30. The quantitative estimate of drug-likeness (QED) is 0.802. The number of piperidine rings is 1. The smallest absolute Gasteiger partial charge is 0.317 e. The highest BCUT2D eigenvalue weighted by atomic mass is 16.4. The fraction of sp³-hybridized carbons (Fsp3) is 0.857. The summed E-state index contributed by atoms with van der Waals surface area (Å²) in [5.41, 5.74) is 0. The van der Waals surface area contributed by atoms with Gasteiger partial charge in [0.25, 0.3) is 0 Å². The van der Waals surface area contributed by atoms with E-state index in [-0.39, 0.29) is 18.4 Å². The number of nitrogens with zero attached hydrogens (tertiary/aromatic N) is 2. The Bertz CT molecular complexity index is 362. The van der Waals surface area contributed by atoms with Gasteiger partial charge in [0.05, 0.1) is 0 Å². The van der Waals surface area contributed by atoms with Crippen LogP contribution in [0.5, 0.6) is 0 Å². The molecule has 2 unspecified atom stereocenters. The maximum atomic E-state index is 12.1. The summed E-state index contributed by atoms with van der Waals surface area (Å²) in [5, 5.41) is 11.8. The molecule has 0 aromatic carbocycles. The van der Waals surface area contributed by atoms with Crippen LogP contribution in [0.2, 0.25) is 0 Å². The van der Waals surface area contributed by atoms with Crippen LogP contribution in [-0.2, 0) is 4.79 Å². The van der Waals surface area contributed by atoms with E-state index in [1.807, 2.05) is 0 Å². The molecule has 2 rings (SSSR count). The van der Waals surface area contributed by atoms with Crippen LogP contribution in [0.4, 0.5) is 4.79 Å². The summed E-state index contributed by atoms with van der Waals surface area (Å²) in [7, 11) is 2.12. The van der Waals surface area contributed by atoms with Crippen molar-refractivity contribution in [1.82, 2.24) is 15.1 Å². The third-order valence-corrected chi connectivity index (χ3v) is 4.30. The molecule has 2 atom stereocenters. The maximum Gasteiger partial charge on any atom is 0.317 e. The van der Waals surface area contributed by atoms with Crippen LogP contribution in [0.15, 0.2) is 0 Å². The van der Waals surface area contributed by atoms with E-state index in [2.05, 4.69) is 17.3 Å². The van der Waals surface area contributed by atoms with Crippen molar-refractivity contribution in [2.24, 2.45) is 11.8 Å². The van der Waals surface area contributed by atoms with Crippen molar-refractivity contribution in [3.63, 3.8) is 0 Å². The van der Waals surface area contributed by atoms with Gasteiger partial charge in [-0.2, -0.15) is 0 Å². The highest BCUT2D eigenvalue weighted by Gasteiger charge is 2.28. The fourth-order valence-corrected chi connectivity index (χ4v) is 3.21. The molecule has 2 amide bonds. The van der Waals surface area contributed by atoms with Crippen LogP contribution in [-0.4, -0.2) is 66.7 Å². The van der Waals surface area contributed by atoms with Gasteiger partial charge in [-0.3, -0.25) is 4.79 Å². The number of aliphatic carboxylic acids is 1. The van der Waals surface area contributed by atoms with E-state index in [9.17, 15) is 9.59 Å². The molecule has 2 heterocycles. The first-order chi connectivity index (χ1) is 9.54. The van der Waals surface area contributed by atoms with Crippen molar-refractivity contribution in [3.8, 4) is 0 Å². The SMILES string of the molecule is CN1CCCC(CNC(=O)N2CCC(CC(=O)O)C2)C1. The molecule has 0 aromatic rings. The normalized spacial score (nSPS) is 27.6. The van der Waals surface area contributed by atoms with E-state index < -0.39 is 5.97 Å². The van der Waals surface area contributed by atoms with E-state index in [0.717, 1.165) is 26.1 Å². The third-order valence-electron chi connectivity index (χ3n) is 4.30. The molecular formula is C14H25N3O3. The molecule has 0 radical (unpaired) electrons. The van der Waals surface area contributed by atoms with Crippen LogP contribution < -0.4 is 5.32 Å². The minimum atomic E-state index is -0.775. The molecule has 2 fully saturated rings. The van der Waals surface area contributed by atoms with E-state index in [4.69, 9.17) is 5.11 Å². The second-order valence-electron chi connectivity index (χ2n) is 6.16. The number of likely N-dealkylation sites (tertiary alicyclic amines) is 2. The van der Waals surface area contributed by atoms with E-state index >= 15 is 0 Å². The highest BCUT2D eigenvalue weighted by molar-refractivity contribution is 5.74. The summed E-state index contributed by atoms with van der Waals surface area (Å²) >= 11 is 0. The number of nitrogens with one attached hydrogen (secondary N) is 1. The number of carbonyl (C=O) groups excluding carboxylic acids is 1. The summed E-state index contributed by atoms with van der Waals surface area (Å²) in [6, 6.07) is -0.0360. The molecule has 2 N–H and O–H groups in total. The van der Waals surface area contributed by atoms with E-state index in [1.54, 1.807) is 4.90 Å². The first-order valence-electron chi connectivity index (χ1n) is 7.47. The zero-order valence-electron chi connectivity index (χ0n) is 12.2. The van der Waals surface area contributed by atoms with Gasteiger partial charge in [0, 0.05) is 32.6 Å². The van der Waals surface area contributed by atoms with Crippen molar-refractivity contribution in [2.75, 3.05) is 39.8 Å². The largest absolute Gasteiger partial charge is 0.481 e. The first-order valence-corrected chi connectivity index (χ1v) is 7.47. The number of carboxylic acids is 1. The molecule has 2 saturated heterocycles. The number of urea groups is 1. The second-order valence-corrected chi connectivity index (χ2v) is 6.16. The molecule has 20 heavy (non-hydrogen) atoms. The van der Waals surface area contributed by atoms with Gasteiger partial charge in [-0.25, -0.2) is 4.79 Å². The molecular weight excluding hydrogens is 258 g/mol. The Balaban J connectivity index is 1.69. The first kappa shape index (κ1) is 15.1. The number of rotatable bonds is 4. The molecule has 0 aromatic heterocycles. The van der Waals surface area contributed by atoms with Gasteiger partial charge in [-0.05, 0) is 44.7 Å². The Labute approximate surface area is 120 Å². The van der Waals surface area contributed by atoms with Crippen LogP contribution in [0.3, 0.4) is 0 Å². The Hall–Kier alpha value is -1.30. The number of hydrogen-bond donors (Lipinski definition) is 2. The molecule has 6 nitrogen and oxygen atoms in total. The van der Waals surface area contributed by atoms with Crippen molar-refractivity contribution >= 4 is 12.0 Å². The number of carboxylic acid groups (broad SMARTS) is 1. The van der Waals surface area contributed by atoms with Gasteiger partial charge in [0.1, 0.15) is 0 Å². The number of amides is 2. The van der Waals surface area contributed by atoms with Gasteiger partial charge in [-0.1, -0.05) is 0 Å². The Morgan fingerprint density at radius 2 is 2.00 bits per heavy atom. The van der Waals surface area contributed by atoms with Gasteiger partial charge in [0.15, 0.2) is 0 Å². The zero-order valence-corrected chi connectivity index (χ0v) is 12.2. The Morgan fingerprint density at radius 3 is 2.70 bits per heavy atom. The average molecular weight is 283 g/mol. The zero-order chi connectivity index (χ0) is 14.5. The molecule has 2 aliphatic rings. The lowest BCUT2D eigenvalue weighted by molar-refractivity contribution is -0.138. The van der Waals surface area contributed by atoms with Crippen molar-refractivity contribution in [3.05, 3.63) is 0 Å². The summed E-state index contributed by atoms with van der Waals surface area (Å²) in [5.74, 6) is -0.128. The third kappa shape index (κ3) is 4.37. The van der Waals surface area contributed by atoms with Crippen molar-refractivity contribution in [2.45, 2.75) is 25.7 Å². The fourth-order valence-electron chi connectivity index (χ4n) is 3.21. The minimum absolute atomic E-state index is 0.0360. The second kappa shape index (κ2) is 6.92. The Kier molecular flexibility index (Phi) is 5.23. The molecule has 0 spiro atoms. The average Bonchev–Trinajstić information content (AvgIpc) is 2.84. The van der Waals surface area contributed by atoms with E-state index in [1.165, 1.54) is 12.8 Å². The van der Waals surface area contributed by atoms with E-state index in [0.29, 0.717) is 19.0 Å². The lowest BCUT2D eigenvalue weighted by atomic mass is 9.99. The summed E-state index contributed by atoms with van der Waals surface area (Å²) < 4.78 is 0. The molecule has 0 aliphatic carbocycles. The minimum Gasteiger partial charge on any atom is -0.481 e. The predicted octanol–water partition coefficient (Wildman–Crippen LogP) is 0.834. The Morgan fingerprint density at radius 1 is 1.20 bits per heavy atom. The molecule has 0 bridgehead atoms. The van der Waals surface area contributed by atoms with Gasteiger partial charge < -0.3 is 20.2 Å². The standard InChI is InChI=1S/C14H25N3O3/c1-16-5-2-3-12(9-16)8-15-14(20)17-6-4-11(10-17)7-13(18)19/h11-12H,2-10H2,1H3,(H,15,20)(H,18,19). The summed E-state index contributed by atoms with van der Waals surface area (Å²) in [6.07, 6.45) is 3.33. The molecule has 6 heteroatoms. The lowest BCUT2D eigenvalue weighted by Crippen LogP contribution is -2.43. The topological polar surface area (TPSA) is 72.9 Å². The van der Waals surface area contributed by atoms with Crippen LogP contribution in [0, 0.1) is 11.8 Å². The van der Waals surface area contributed by atoms with Crippen LogP contribution in [0.1, 0.15) is 25.7 Å². The maximum absolute atomic E-state index is 12.1. The highest BCUT2D eigenvalue weighted by Crippen LogP contribution is 2.20. The monoisotopic (exact) mass is 283 g/mol. The predicted molar refractivity (Wildman–Crippen MR) is 75.6 cm³/mol. The van der Waals surface area contributed by atoms with Crippen molar-refractivity contribution < 1.29 is 14.7 Å².